The van der Waals surface area contributed by atoms with Gasteiger partial charge in [-0.05, 0) is 44.8 Å². The second-order valence-corrected chi connectivity index (χ2v) is 7.99. The second-order valence-electron chi connectivity index (χ2n) is 7.99. The van der Waals surface area contributed by atoms with Crippen molar-refractivity contribution in [1.82, 2.24) is 20.4 Å². The molecule has 1 saturated heterocycles. The first-order chi connectivity index (χ1) is 15.6. The molecule has 1 aromatic carbocycles. The maximum Gasteiger partial charge on any atom is 0.272 e. The Morgan fingerprint density at radius 2 is 2.00 bits per heavy atom. The zero-order valence-corrected chi connectivity index (χ0v) is 18.3. The van der Waals surface area contributed by atoms with Gasteiger partial charge in [-0.3, -0.25) is 9.69 Å². The number of rotatable bonds is 8. The average molecular weight is 436 g/mol. The highest BCUT2D eigenvalue weighted by Crippen LogP contribution is 2.22. The van der Waals surface area contributed by atoms with Crippen LogP contribution in [-0.4, -0.2) is 47.2 Å². The third kappa shape index (κ3) is 5.45. The van der Waals surface area contributed by atoms with Gasteiger partial charge in [-0.2, -0.15) is 0 Å². The summed E-state index contributed by atoms with van der Waals surface area (Å²) in [7, 11) is 0. The second kappa shape index (κ2) is 10.3. The van der Waals surface area contributed by atoms with Crippen molar-refractivity contribution in [3.8, 4) is 17.1 Å². The molecule has 3 heterocycles. The van der Waals surface area contributed by atoms with Gasteiger partial charge in [0.1, 0.15) is 5.69 Å². The van der Waals surface area contributed by atoms with Crippen molar-refractivity contribution in [1.29, 1.82) is 0 Å². The molecule has 8 heteroatoms. The van der Waals surface area contributed by atoms with Crippen LogP contribution in [0.1, 0.15) is 36.0 Å². The molecule has 0 unspecified atom stereocenters. The Labute approximate surface area is 187 Å². The molecule has 8 nitrogen and oxygen atoms in total. The third-order valence-corrected chi connectivity index (χ3v) is 5.67. The first-order valence-corrected chi connectivity index (χ1v) is 11.0. The molecular formula is C24H29N5O3. The number of pyridine rings is 1. The summed E-state index contributed by atoms with van der Waals surface area (Å²) in [5.74, 6) is 1.43. The highest BCUT2D eigenvalue weighted by molar-refractivity contribution is 5.97. The summed E-state index contributed by atoms with van der Waals surface area (Å²) in [4.78, 5) is 19.1. The molecule has 3 N–H and O–H groups in total. The van der Waals surface area contributed by atoms with E-state index >= 15 is 0 Å². The zero-order valence-electron chi connectivity index (χ0n) is 18.3. The van der Waals surface area contributed by atoms with Gasteiger partial charge in [0.25, 0.3) is 5.91 Å². The van der Waals surface area contributed by atoms with Crippen molar-refractivity contribution in [2.75, 3.05) is 32.0 Å². The average Bonchev–Trinajstić information content (AvgIpc) is 3.29. The predicted molar refractivity (Wildman–Crippen MR) is 122 cm³/mol. The molecule has 0 radical (unpaired) electrons. The van der Waals surface area contributed by atoms with Crippen LogP contribution in [0.2, 0.25) is 0 Å². The van der Waals surface area contributed by atoms with Crippen LogP contribution in [0.25, 0.3) is 11.3 Å². The standard InChI is InChI=1S/C24H29N5O3/c1-2-31-22-9-8-20(25)23(27-22)24(30)26-15-17-10-12-29(13-11-17)16-19-14-21(28-32-19)18-6-4-3-5-7-18/h3-9,14,17H,2,10-13,15-16,25H2,1H3,(H,26,30). The molecule has 1 amide bonds. The van der Waals surface area contributed by atoms with Gasteiger partial charge in [0.2, 0.25) is 5.88 Å². The number of carbonyl (C=O) groups excluding carboxylic acids is 1. The maximum atomic E-state index is 12.6. The van der Waals surface area contributed by atoms with Gasteiger partial charge in [-0.1, -0.05) is 35.5 Å². The number of likely N-dealkylation sites (tertiary alicyclic amines) is 1. The number of nitrogens with zero attached hydrogens (tertiary/aromatic N) is 3. The lowest BCUT2D eigenvalue weighted by Crippen LogP contribution is -2.38. The van der Waals surface area contributed by atoms with E-state index in [1.54, 1.807) is 12.1 Å². The molecule has 0 aliphatic carbocycles. The molecule has 0 saturated carbocycles. The molecule has 1 aliphatic rings. The van der Waals surface area contributed by atoms with Gasteiger partial charge in [-0.15, -0.1) is 0 Å². The minimum Gasteiger partial charge on any atom is -0.478 e. The van der Waals surface area contributed by atoms with Crippen molar-refractivity contribution >= 4 is 11.6 Å². The monoisotopic (exact) mass is 435 g/mol. The zero-order chi connectivity index (χ0) is 22.3. The van der Waals surface area contributed by atoms with E-state index in [2.05, 4.69) is 20.4 Å². The van der Waals surface area contributed by atoms with Crippen LogP contribution in [0, 0.1) is 5.92 Å². The van der Waals surface area contributed by atoms with E-state index < -0.39 is 0 Å². The Bertz CT molecular complexity index is 1030. The van der Waals surface area contributed by atoms with E-state index in [1.165, 1.54) is 0 Å². The summed E-state index contributed by atoms with van der Waals surface area (Å²) in [6.07, 6.45) is 2.00. The summed E-state index contributed by atoms with van der Waals surface area (Å²) >= 11 is 0. The van der Waals surface area contributed by atoms with Crippen LogP contribution in [0.15, 0.2) is 53.1 Å². The van der Waals surface area contributed by atoms with E-state index in [-0.39, 0.29) is 11.6 Å². The Morgan fingerprint density at radius 3 is 2.75 bits per heavy atom. The van der Waals surface area contributed by atoms with Crippen LogP contribution in [0.5, 0.6) is 5.88 Å². The lowest BCUT2D eigenvalue weighted by atomic mass is 9.96. The highest BCUT2D eigenvalue weighted by Gasteiger charge is 2.22. The summed E-state index contributed by atoms with van der Waals surface area (Å²) in [5.41, 5.74) is 8.41. The summed E-state index contributed by atoms with van der Waals surface area (Å²) in [6.45, 7) is 5.59. The third-order valence-electron chi connectivity index (χ3n) is 5.67. The molecule has 3 aromatic rings. The fraction of sp³-hybridized carbons (Fsp3) is 0.375. The first-order valence-electron chi connectivity index (χ1n) is 11.0. The van der Waals surface area contributed by atoms with Crippen molar-refractivity contribution < 1.29 is 14.1 Å². The topological polar surface area (TPSA) is 107 Å². The van der Waals surface area contributed by atoms with Crippen LogP contribution in [0.3, 0.4) is 0 Å². The largest absolute Gasteiger partial charge is 0.478 e. The van der Waals surface area contributed by atoms with Gasteiger partial charge in [0.15, 0.2) is 11.5 Å². The maximum absolute atomic E-state index is 12.6. The summed E-state index contributed by atoms with van der Waals surface area (Å²) in [6, 6.07) is 15.4. The molecule has 1 aliphatic heterocycles. The van der Waals surface area contributed by atoms with Gasteiger partial charge < -0.3 is 20.3 Å². The molecule has 4 rings (SSSR count). The number of anilines is 1. The number of hydrogen-bond acceptors (Lipinski definition) is 7. The normalized spacial score (nSPS) is 14.9. The Balaban J connectivity index is 1.24. The number of aromatic nitrogens is 2. The summed E-state index contributed by atoms with van der Waals surface area (Å²) in [5, 5.41) is 7.18. The van der Waals surface area contributed by atoms with Gasteiger partial charge in [0, 0.05) is 24.2 Å². The molecule has 0 atom stereocenters. The lowest BCUT2D eigenvalue weighted by molar-refractivity contribution is 0.0928. The molecule has 2 aromatic heterocycles. The molecule has 0 bridgehead atoms. The minimum absolute atomic E-state index is 0.216. The molecule has 32 heavy (non-hydrogen) atoms. The van der Waals surface area contributed by atoms with Gasteiger partial charge in [-0.25, -0.2) is 4.98 Å². The van der Waals surface area contributed by atoms with Crippen molar-refractivity contribution in [2.45, 2.75) is 26.3 Å². The number of nitrogens with one attached hydrogen (secondary N) is 1. The molecule has 0 spiro atoms. The number of nitrogen functional groups attached to an aromatic ring is 1. The fourth-order valence-corrected chi connectivity index (χ4v) is 3.88. The lowest BCUT2D eigenvalue weighted by Gasteiger charge is -2.31. The van der Waals surface area contributed by atoms with E-state index in [0.717, 1.165) is 49.5 Å². The number of nitrogens with two attached hydrogens (primary N) is 1. The van der Waals surface area contributed by atoms with Crippen LogP contribution < -0.4 is 15.8 Å². The smallest absolute Gasteiger partial charge is 0.272 e. The van der Waals surface area contributed by atoms with Crippen molar-refractivity contribution in [3.05, 3.63) is 60.0 Å². The number of ether oxygens (including phenoxy) is 1. The van der Waals surface area contributed by atoms with E-state index in [1.807, 2.05) is 43.3 Å². The number of hydrogen-bond donors (Lipinski definition) is 2. The first kappa shape index (κ1) is 21.8. The number of benzene rings is 1. The number of amides is 1. The molecule has 168 valence electrons. The SMILES string of the molecule is CCOc1ccc(N)c(C(=O)NCC2CCN(Cc3cc(-c4ccccc4)no3)CC2)n1. The molecule has 1 fully saturated rings. The fourth-order valence-electron chi connectivity index (χ4n) is 3.88. The highest BCUT2D eigenvalue weighted by atomic mass is 16.5. The minimum atomic E-state index is -0.262. The van der Waals surface area contributed by atoms with Crippen LogP contribution in [0.4, 0.5) is 5.69 Å². The van der Waals surface area contributed by atoms with Crippen LogP contribution >= 0.6 is 0 Å². The Hall–Kier alpha value is -3.39. The van der Waals surface area contributed by atoms with E-state index in [0.29, 0.717) is 30.6 Å². The van der Waals surface area contributed by atoms with Gasteiger partial charge >= 0.3 is 0 Å². The summed E-state index contributed by atoms with van der Waals surface area (Å²) < 4.78 is 10.9. The van der Waals surface area contributed by atoms with Gasteiger partial charge in [0.05, 0.1) is 18.8 Å². The Kier molecular flexibility index (Phi) is 7.01. The quantitative estimate of drug-likeness (QED) is 0.559. The van der Waals surface area contributed by atoms with Crippen molar-refractivity contribution in [2.24, 2.45) is 5.92 Å². The van der Waals surface area contributed by atoms with E-state index in [4.69, 9.17) is 15.0 Å². The Morgan fingerprint density at radius 1 is 1.22 bits per heavy atom. The van der Waals surface area contributed by atoms with Crippen LogP contribution in [-0.2, 0) is 6.54 Å². The van der Waals surface area contributed by atoms with E-state index in [9.17, 15) is 4.79 Å². The predicted octanol–water partition coefficient (Wildman–Crippen LogP) is 3.36. The number of piperidine rings is 1. The number of carbonyl (C=O) groups is 1. The van der Waals surface area contributed by atoms with Crippen molar-refractivity contribution in [3.63, 3.8) is 0 Å². The molecular weight excluding hydrogens is 406 g/mol.